The first kappa shape index (κ1) is 15.0. The Hall–Kier alpha value is -0.410. The fourth-order valence-corrected chi connectivity index (χ4v) is 3.56. The number of Topliss-reactive ketones (excluding diaryl/α,β-unsaturated/α-hetero) is 1. The lowest BCUT2D eigenvalue weighted by atomic mass is 9.73. The summed E-state index contributed by atoms with van der Waals surface area (Å²) in [6.07, 6.45) is 4.23. The van der Waals surface area contributed by atoms with Gasteiger partial charge in [0.1, 0.15) is 5.78 Å². The molecule has 3 heteroatoms. The molecule has 1 saturated carbocycles. The minimum atomic E-state index is 0.340. The molecular weight excluding hydrogens is 236 g/mol. The van der Waals surface area contributed by atoms with Crippen molar-refractivity contribution in [2.24, 2.45) is 17.8 Å². The summed E-state index contributed by atoms with van der Waals surface area (Å²) in [6, 6.07) is 0.431. The normalized spacial score (nSPS) is 38.3. The van der Waals surface area contributed by atoms with E-state index in [2.05, 4.69) is 37.7 Å². The summed E-state index contributed by atoms with van der Waals surface area (Å²) in [6.45, 7) is 7.90. The highest BCUT2D eigenvalue weighted by atomic mass is 16.1. The van der Waals surface area contributed by atoms with E-state index in [4.69, 9.17) is 0 Å². The summed E-state index contributed by atoms with van der Waals surface area (Å²) in [4.78, 5) is 17.2. The van der Waals surface area contributed by atoms with Crippen LogP contribution in [0.15, 0.2) is 0 Å². The Kier molecular flexibility index (Phi) is 5.02. The van der Waals surface area contributed by atoms with Crippen molar-refractivity contribution >= 4 is 5.78 Å². The third-order valence-corrected chi connectivity index (χ3v) is 5.47. The van der Waals surface area contributed by atoms with Crippen molar-refractivity contribution in [3.05, 3.63) is 0 Å². The van der Waals surface area contributed by atoms with Gasteiger partial charge < -0.3 is 9.80 Å². The highest BCUT2D eigenvalue weighted by Gasteiger charge is 2.32. The first-order chi connectivity index (χ1) is 8.97. The van der Waals surface area contributed by atoms with Gasteiger partial charge in [-0.1, -0.05) is 13.8 Å². The van der Waals surface area contributed by atoms with E-state index in [1.165, 1.54) is 6.42 Å². The lowest BCUT2D eigenvalue weighted by Gasteiger charge is -2.38. The molecule has 1 heterocycles. The van der Waals surface area contributed by atoms with Crippen LogP contribution < -0.4 is 0 Å². The molecule has 4 atom stereocenters. The molecular formula is C16H30N2O. The molecule has 19 heavy (non-hydrogen) atoms. The summed E-state index contributed by atoms with van der Waals surface area (Å²) >= 11 is 0. The van der Waals surface area contributed by atoms with Gasteiger partial charge in [-0.2, -0.15) is 0 Å². The van der Waals surface area contributed by atoms with E-state index in [1.807, 2.05) is 0 Å². The van der Waals surface area contributed by atoms with E-state index in [-0.39, 0.29) is 0 Å². The van der Waals surface area contributed by atoms with Crippen LogP contribution in [0.1, 0.15) is 39.5 Å². The summed E-state index contributed by atoms with van der Waals surface area (Å²) < 4.78 is 0. The average Bonchev–Trinajstić information content (AvgIpc) is 2.37. The number of carbonyl (C=O) groups excluding carboxylic acids is 1. The lowest BCUT2D eigenvalue weighted by molar-refractivity contribution is -0.126. The molecule has 0 radical (unpaired) electrons. The SMILES string of the molecule is CC1CCC(C(=O)CC2CN(C)CCN2C)CC1C. The summed E-state index contributed by atoms with van der Waals surface area (Å²) in [5.74, 6) is 2.37. The Bertz CT molecular complexity index is 318. The molecule has 1 aliphatic heterocycles. The topological polar surface area (TPSA) is 23.6 Å². The molecule has 2 fully saturated rings. The molecule has 3 nitrogen and oxygen atoms in total. The van der Waals surface area contributed by atoms with Crippen LogP contribution in [0.2, 0.25) is 0 Å². The third-order valence-electron chi connectivity index (χ3n) is 5.47. The maximum absolute atomic E-state index is 12.5. The maximum atomic E-state index is 12.5. The molecule has 0 N–H and O–H groups in total. The van der Waals surface area contributed by atoms with Gasteiger partial charge >= 0.3 is 0 Å². The van der Waals surface area contributed by atoms with Gasteiger partial charge in [-0.3, -0.25) is 4.79 Å². The van der Waals surface area contributed by atoms with E-state index in [0.29, 0.717) is 17.7 Å². The zero-order valence-corrected chi connectivity index (χ0v) is 13.1. The Morgan fingerprint density at radius 3 is 2.53 bits per heavy atom. The van der Waals surface area contributed by atoms with E-state index in [1.54, 1.807) is 0 Å². The van der Waals surface area contributed by atoms with Gasteiger partial charge in [0.2, 0.25) is 0 Å². The molecule has 1 saturated heterocycles. The van der Waals surface area contributed by atoms with Crippen LogP contribution in [0.5, 0.6) is 0 Å². The minimum Gasteiger partial charge on any atom is -0.304 e. The molecule has 0 aromatic carbocycles. The second-order valence-electron chi connectivity index (χ2n) is 7.03. The van der Waals surface area contributed by atoms with Crippen LogP contribution in [0.4, 0.5) is 0 Å². The number of piperazine rings is 1. The smallest absolute Gasteiger partial charge is 0.137 e. The van der Waals surface area contributed by atoms with Crippen LogP contribution >= 0.6 is 0 Å². The summed E-state index contributed by atoms with van der Waals surface area (Å²) in [7, 11) is 4.32. The predicted molar refractivity (Wildman–Crippen MR) is 79.2 cm³/mol. The van der Waals surface area contributed by atoms with Crippen LogP contribution in [0.25, 0.3) is 0 Å². The Balaban J connectivity index is 1.86. The van der Waals surface area contributed by atoms with Gasteiger partial charge in [-0.15, -0.1) is 0 Å². The number of hydrogen-bond donors (Lipinski definition) is 0. The van der Waals surface area contributed by atoms with Gasteiger partial charge in [0.15, 0.2) is 0 Å². The Morgan fingerprint density at radius 1 is 1.11 bits per heavy atom. The summed E-state index contributed by atoms with van der Waals surface area (Å²) in [5.41, 5.74) is 0. The first-order valence-corrected chi connectivity index (χ1v) is 7.89. The number of hydrogen-bond acceptors (Lipinski definition) is 3. The maximum Gasteiger partial charge on any atom is 0.137 e. The fourth-order valence-electron chi connectivity index (χ4n) is 3.56. The number of nitrogens with zero attached hydrogens (tertiary/aromatic N) is 2. The number of carbonyl (C=O) groups is 1. The van der Waals surface area contributed by atoms with Crippen LogP contribution in [0, 0.1) is 17.8 Å². The Labute approximate surface area is 118 Å². The first-order valence-electron chi connectivity index (χ1n) is 7.89. The van der Waals surface area contributed by atoms with Crippen LogP contribution in [-0.4, -0.2) is 55.4 Å². The predicted octanol–water partition coefficient (Wildman–Crippen LogP) is 2.26. The van der Waals surface area contributed by atoms with Gasteiger partial charge in [0, 0.05) is 38.0 Å². The zero-order valence-electron chi connectivity index (χ0n) is 13.1. The van der Waals surface area contributed by atoms with Crippen molar-refractivity contribution in [3.63, 3.8) is 0 Å². The average molecular weight is 266 g/mol. The lowest BCUT2D eigenvalue weighted by Crippen LogP contribution is -2.51. The van der Waals surface area contributed by atoms with Gasteiger partial charge in [0.05, 0.1) is 0 Å². The molecule has 2 aliphatic rings. The number of likely N-dealkylation sites (N-methyl/N-ethyl adjacent to an activating group) is 2. The molecule has 2 rings (SSSR count). The van der Waals surface area contributed by atoms with Crippen molar-refractivity contribution in [3.8, 4) is 0 Å². The molecule has 0 amide bonds. The monoisotopic (exact) mass is 266 g/mol. The van der Waals surface area contributed by atoms with Crippen molar-refractivity contribution in [2.75, 3.05) is 33.7 Å². The number of ketones is 1. The van der Waals surface area contributed by atoms with Crippen LogP contribution in [-0.2, 0) is 4.79 Å². The van der Waals surface area contributed by atoms with Crippen molar-refractivity contribution < 1.29 is 4.79 Å². The quantitative estimate of drug-likeness (QED) is 0.783. The fraction of sp³-hybridized carbons (Fsp3) is 0.938. The second kappa shape index (κ2) is 6.36. The summed E-state index contributed by atoms with van der Waals surface area (Å²) in [5, 5.41) is 0. The van der Waals surface area contributed by atoms with Crippen molar-refractivity contribution in [1.29, 1.82) is 0 Å². The van der Waals surface area contributed by atoms with E-state index < -0.39 is 0 Å². The molecule has 0 bridgehead atoms. The van der Waals surface area contributed by atoms with E-state index in [0.717, 1.165) is 50.7 Å². The molecule has 0 aromatic rings. The molecule has 1 aliphatic carbocycles. The molecule has 0 spiro atoms. The van der Waals surface area contributed by atoms with E-state index in [9.17, 15) is 4.79 Å². The Morgan fingerprint density at radius 2 is 1.84 bits per heavy atom. The van der Waals surface area contributed by atoms with Gasteiger partial charge in [0.25, 0.3) is 0 Å². The minimum absolute atomic E-state index is 0.340. The molecule has 0 aromatic heterocycles. The van der Waals surface area contributed by atoms with E-state index >= 15 is 0 Å². The highest BCUT2D eigenvalue weighted by molar-refractivity contribution is 5.81. The van der Waals surface area contributed by atoms with Gasteiger partial charge in [-0.25, -0.2) is 0 Å². The zero-order chi connectivity index (χ0) is 14.0. The molecule has 110 valence electrons. The van der Waals surface area contributed by atoms with Crippen molar-refractivity contribution in [1.82, 2.24) is 9.80 Å². The second-order valence-corrected chi connectivity index (χ2v) is 7.03. The van der Waals surface area contributed by atoms with Gasteiger partial charge in [-0.05, 0) is 45.2 Å². The third kappa shape index (κ3) is 3.79. The standard InChI is InChI=1S/C16H30N2O/c1-12-5-6-14(9-13(12)2)16(19)10-15-11-17(3)7-8-18(15)4/h12-15H,5-11H2,1-4H3. The molecule has 4 unspecified atom stereocenters. The largest absolute Gasteiger partial charge is 0.304 e. The highest BCUT2D eigenvalue weighted by Crippen LogP contribution is 2.34. The van der Waals surface area contributed by atoms with Crippen molar-refractivity contribution in [2.45, 2.75) is 45.6 Å². The van der Waals surface area contributed by atoms with Crippen LogP contribution in [0.3, 0.4) is 0 Å². The number of rotatable bonds is 3.